The van der Waals surface area contributed by atoms with Crippen LogP contribution in [0, 0.1) is 0 Å². The van der Waals surface area contributed by atoms with Gasteiger partial charge >= 0.3 is 0 Å². The second kappa shape index (κ2) is 9.04. The van der Waals surface area contributed by atoms with E-state index in [0.29, 0.717) is 6.42 Å². The molecular formula is C17H27Cl2N4O4S+. The zero-order chi connectivity index (χ0) is 21.1. The Bertz CT molecular complexity index is 840. The van der Waals surface area contributed by atoms with Crippen molar-refractivity contribution in [3.8, 4) is 5.75 Å². The van der Waals surface area contributed by atoms with Crippen molar-refractivity contribution in [1.29, 1.82) is 0 Å². The lowest BCUT2D eigenvalue weighted by atomic mass is 10.2. The van der Waals surface area contributed by atoms with Gasteiger partial charge in [0.05, 0.1) is 48.8 Å². The molecule has 1 aliphatic rings. The number of carbonyl (C=O) groups excluding carboxylic acids is 1. The SMILES string of the molecule is CC(=O)Nc1c(Cl)cc(NS(=O)(=O)CCC[N+]2(C)CCN(C)CC2)c(O)c1Cl. The van der Waals surface area contributed by atoms with Crippen molar-refractivity contribution in [1.82, 2.24) is 4.90 Å². The third kappa shape index (κ3) is 6.12. The maximum absolute atomic E-state index is 12.4. The zero-order valence-corrected chi connectivity index (χ0v) is 18.6. The van der Waals surface area contributed by atoms with E-state index in [9.17, 15) is 18.3 Å². The molecule has 1 aliphatic heterocycles. The summed E-state index contributed by atoms with van der Waals surface area (Å²) in [7, 11) is 0.519. The zero-order valence-electron chi connectivity index (χ0n) is 16.3. The van der Waals surface area contributed by atoms with Crippen LogP contribution >= 0.6 is 23.2 Å². The van der Waals surface area contributed by atoms with Crippen molar-refractivity contribution in [3.63, 3.8) is 0 Å². The number of rotatable bonds is 7. The summed E-state index contributed by atoms with van der Waals surface area (Å²) in [6.07, 6.45) is 0.488. The molecule has 158 valence electrons. The molecule has 1 aromatic rings. The predicted octanol–water partition coefficient (Wildman–Crippen LogP) is 2.18. The number of hydrogen-bond acceptors (Lipinski definition) is 5. The number of phenolic OH excluding ortho intramolecular Hbond substituents is 1. The van der Waals surface area contributed by atoms with Crippen LogP contribution in [0.2, 0.25) is 10.0 Å². The first-order valence-corrected chi connectivity index (χ1v) is 11.3. The number of benzene rings is 1. The molecule has 0 saturated carbocycles. The smallest absolute Gasteiger partial charge is 0.233 e. The van der Waals surface area contributed by atoms with Gasteiger partial charge in [0.25, 0.3) is 0 Å². The van der Waals surface area contributed by atoms with Gasteiger partial charge in [-0.15, -0.1) is 0 Å². The molecule has 1 amide bonds. The maximum atomic E-state index is 12.4. The van der Waals surface area contributed by atoms with Gasteiger partial charge in [-0.2, -0.15) is 0 Å². The van der Waals surface area contributed by atoms with Gasteiger partial charge in [0.1, 0.15) is 5.02 Å². The molecule has 0 spiro atoms. The first-order chi connectivity index (χ1) is 12.9. The van der Waals surface area contributed by atoms with Gasteiger partial charge in [0.2, 0.25) is 15.9 Å². The Hall–Kier alpha value is -1.26. The standard InChI is InChI=1S/C17H26Cl2N4O4S/c1-12(24)20-16-13(18)11-14(17(25)15(16)19)21-28(26,27)10-4-7-23(3)8-5-22(2)6-9-23/h11,21H,4-10H2,1-3H3,(H-,20,24,25)/p+1. The second-order valence-corrected chi connectivity index (χ2v) is 10.1. The number of carbonyl (C=O) groups is 1. The molecule has 0 unspecified atom stereocenters. The Balaban J connectivity index is 2.03. The first-order valence-electron chi connectivity index (χ1n) is 8.93. The molecule has 1 saturated heterocycles. The van der Waals surface area contributed by atoms with Crippen LogP contribution < -0.4 is 10.0 Å². The van der Waals surface area contributed by atoms with Gasteiger partial charge in [0, 0.05) is 26.4 Å². The van der Waals surface area contributed by atoms with E-state index in [-0.39, 0.29) is 27.2 Å². The normalized spacial score (nSPS) is 17.3. The Kier molecular flexibility index (Phi) is 7.44. The highest BCUT2D eigenvalue weighted by atomic mass is 35.5. The van der Waals surface area contributed by atoms with E-state index >= 15 is 0 Å². The Labute approximate surface area is 176 Å². The number of likely N-dealkylation sites (N-methyl/N-ethyl adjacent to an activating group) is 2. The Morgan fingerprint density at radius 1 is 1.32 bits per heavy atom. The van der Waals surface area contributed by atoms with Crippen molar-refractivity contribution in [3.05, 3.63) is 16.1 Å². The summed E-state index contributed by atoms with van der Waals surface area (Å²) in [5.74, 6) is -0.993. The number of nitrogens with zero attached hydrogens (tertiary/aromatic N) is 2. The molecule has 1 aromatic carbocycles. The van der Waals surface area contributed by atoms with E-state index in [1.165, 1.54) is 13.0 Å². The number of sulfonamides is 1. The number of phenols is 1. The topological polar surface area (TPSA) is 98.7 Å². The summed E-state index contributed by atoms with van der Waals surface area (Å²) in [6.45, 7) is 5.98. The Morgan fingerprint density at radius 3 is 2.50 bits per heavy atom. The van der Waals surface area contributed by atoms with Gasteiger partial charge in [-0.05, 0) is 13.1 Å². The fraction of sp³-hybridized carbons (Fsp3) is 0.588. The average Bonchev–Trinajstić information content (AvgIpc) is 2.59. The number of hydrogen-bond donors (Lipinski definition) is 3. The number of piperazine rings is 1. The molecule has 0 aliphatic carbocycles. The maximum Gasteiger partial charge on any atom is 0.233 e. The lowest BCUT2D eigenvalue weighted by Gasteiger charge is -2.41. The van der Waals surface area contributed by atoms with E-state index in [4.69, 9.17) is 23.2 Å². The molecule has 28 heavy (non-hydrogen) atoms. The van der Waals surface area contributed by atoms with Crippen LogP contribution in [0.3, 0.4) is 0 Å². The van der Waals surface area contributed by atoms with Crippen molar-refractivity contribution in [2.45, 2.75) is 13.3 Å². The van der Waals surface area contributed by atoms with Gasteiger partial charge in [0.15, 0.2) is 5.75 Å². The number of nitrogens with one attached hydrogen (secondary N) is 2. The van der Waals surface area contributed by atoms with Gasteiger partial charge in [-0.3, -0.25) is 14.4 Å². The molecule has 3 N–H and O–H groups in total. The van der Waals surface area contributed by atoms with E-state index in [1.54, 1.807) is 0 Å². The molecule has 0 radical (unpaired) electrons. The van der Waals surface area contributed by atoms with Crippen LogP contribution in [0.5, 0.6) is 5.75 Å². The largest absolute Gasteiger partial charge is 0.504 e. The average molecular weight is 454 g/mol. The highest BCUT2D eigenvalue weighted by Gasteiger charge is 2.27. The Morgan fingerprint density at radius 2 is 1.93 bits per heavy atom. The second-order valence-electron chi connectivity index (χ2n) is 7.49. The first kappa shape index (κ1) is 23.0. The van der Waals surface area contributed by atoms with Crippen LogP contribution in [0.25, 0.3) is 0 Å². The number of anilines is 2. The van der Waals surface area contributed by atoms with Crippen LogP contribution in [0.4, 0.5) is 11.4 Å². The van der Waals surface area contributed by atoms with E-state index in [2.05, 4.69) is 29.0 Å². The third-order valence-corrected chi connectivity index (χ3v) is 6.94. The lowest BCUT2D eigenvalue weighted by Crippen LogP contribution is -2.56. The quantitative estimate of drug-likeness (QED) is 0.434. The van der Waals surface area contributed by atoms with Crippen LogP contribution in [0.1, 0.15) is 13.3 Å². The molecule has 0 atom stereocenters. The van der Waals surface area contributed by atoms with Crippen LogP contribution in [-0.4, -0.2) is 81.4 Å². The third-order valence-electron chi connectivity index (χ3n) is 4.91. The highest BCUT2D eigenvalue weighted by molar-refractivity contribution is 7.92. The molecule has 1 fully saturated rings. The molecule has 0 bridgehead atoms. The van der Waals surface area contributed by atoms with Gasteiger partial charge in [-0.25, -0.2) is 8.42 Å². The number of aromatic hydroxyl groups is 1. The summed E-state index contributed by atoms with van der Waals surface area (Å²) in [4.78, 5) is 13.5. The molecule has 0 aromatic heterocycles. The van der Waals surface area contributed by atoms with Crippen LogP contribution in [0.15, 0.2) is 6.07 Å². The highest BCUT2D eigenvalue weighted by Crippen LogP contribution is 2.43. The van der Waals surface area contributed by atoms with Crippen LogP contribution in [-0.2, 0) is 14.8 Å². The monoisotopic (exact) mass is 453 g/mol. The number of halogens is 2. The molecule has 1 heterocycles. The fourth-order valence-corrected chi connectivity index (χ4v) is 4.76. The lowest BCUT2D eigenvalue weighted by molar-refractivity contribution is -0.913. The van der Waals surface area contributed by atoms with Gasteiger partial charge < -0.3 is 14.9 Å². The minimum absolute atomic E-state index is 0.0196. The summed E-state index contributed by atoms with van der Waals surface area (Å²) >= 11 is 12.1. The molecule has 11 heteroatoms. The minimum atomic E-state index is -3.70. The van der Waals surface area contributed by atoms with E-state index in [1.807, 2.05) is 0 Å². The van der Waals surface area contributed by atoms with Gasteiger partial charge in [-0.1, -0.05) is 23.2 Å². The van der Waals surface area contributed by atoms with E-state index in [0.717, 1.165) is 37.2 Å². The summed E-state index contributed by atoms with van der Waals surface area (Å²) in [5.41, 5.74) is -0.0899. The van der Waals surface area contributed by atoms with Crippen molar-refractivity contribution in [2.24, 2.45) is 0 Å². The molecule has 8 nitrogen and oxygen atoms in total. The van der Waals surface area contributed by atoms with Crippen molar-refractivity contribution in [2.75, 3.05) is 62.6 Å². The minimum Gasteiger partial charge on any atom is -0.504 e. The molecular weight excluding hydrogens is 427 g/mol. The summed E-state index contributed by atoms with van der Waals surface area (Å²) in [5, 5.41) is 12.4. The van der Waals surface area contributed by atoms with E-state index < -0.39 is 21.7 Å². The summed E-state index contributed by atoms with van der Waals surface area (Å²) < 4.78 is 28.1. The number of quaternary nitrogens is 1. The van der Waals surface area contributed by atoms with Crippen molar-refractivity contribution >= 4 is 50.5 Å². The predicted molar refractivity (Wildman–Crippen MR) is 113 cm³/mol. The number of amides is 1. The molecule has 2 rings (SSSR count). The summed E-state index contributed by atoms with van der Waals surface area (Å²) in [6, 6.07) is 1.22. The fourth-order valence-electron chi connectivity index (χ4n) is 3.10. The van der Waals surface area contributed by atoms with Crippen molar-refractivity contribution < 1.29 is 22.8 Å².